The summed E-state index contributed by atoms with van der Waals surface area (Å²) >= 11 is 5.98. The van der Waals surface area contributed by atoms with Gasteiger partial charge in [0.2, 0.25) is 5.96 Å². The molecule has 176 valence electrons. The van der Waals surface area contributed by atoms with Crippen LogP contribution in [0.2, 0.25) is 5.02 Å². The second kappa shape index (κ2) is 9.70. The molecule has 1 amide bonds. The molecule has 2 aromatic carbocycles. The second-order valence-electron chi connectivity index (χ2n) is 8.76. The number of rotatable bonds is 4. The summed E-state index contributed by atoms with van der Waals surface area (Å²) in [5.74, 6) is -3.04. The van der Waals surface area contributed by atoms with Gasteiger partial charge in [-0.1, -0.05) is 24.4 Å². The molecule has 0 radical (unpaired) electrons. The van der Waals surface area contributed by atoms with E-state index in [0.717, 1.165) is 37.8 Å². The van der Waals surface area contributed by atoms with Gasteiger partial charge in [0.25, 0.3) is 5.91 Å². The summed E-state index contributed by atoms with van der Waals surface area (Å²) in [6.07, 6.45) is 4.10. The Bertz CT molecular complexity index is 1050. The molecule has 2 unspecified atom stereocenters. The Kier molecular flexibility index (Phi) is 6.92. The third kappa shape index (κ3) is 5.85. The van der Waals surface area contributed by atoms with Crippen LogP contribution in [-0.4, -0.2) is 23.6 Å². The quantitative estimate of drug-likeness (QED) is 0.388. The minimum Gasteiger partial charge on any atom is -0.351 e. The Balaban J connectivity index is 1.51. The number of carbonyl (C=O) groups excluding carboxylic acids is 1. The first kappa shape index (κ1) is 23.5. The van der Waals surface area contributed by atoms with Gasteiger partial charge in [-0.05, 0) is 61.7 Å². The number of hydrogen-bond acceptors (Lipinski definition) is 3. The van der Waals surface area contributed by atoms with Gasteiger partial charge in [0.15, 0.2) is 11.6 Å². The number of benzene rings is 2. The lowest BCUT2D eigenvalue weighted by Gasteiger charge is -2.29. The molecule has 0 spiro atoms. The lowest BCUT2D eigenvalue weighted by Crippen LogP contribution is -2.55. The number of amides is 1. The molecular weight excluding hydrogens is 455 g/mol. The van der Waals surface area contributed by atoms with Crippen molar-refractivity contribution in [1.82, 2.24) is 21.5 Å². The summed E-state index contributed by atoms with van der Waals surface area (Å²) in [5.41, 5.74) is 6.54. The van der Waals surface area contributed by atoms with Gasteiger partial charge in [0, 0.05) is 28.6 Å². The number of aliphatic imine (C=N–C) groups is 1. The maximum atomic E-state index is 13.8. The summed E-state index contributed by atoms with van der Waals surface area (Å²) < 4.78 is 40.6. The van der Waals surface area contributed by atoms with Crippen LogP contribution in [0.4, 0.5) is 13.2 Å². The van der Waals surface area contributed by atoms with Gasteiger partial charge in [0.1, 0.15) is 5.82 Å². The monoisotopic (exact) mass is 479 g/mol. The van der Waals surface area contributed by atoms with Crippen LogP contribution in [0, 0.1) is 17.5 Å². The van der Waals surface area contributed by atoms with Gasteiger partial charge in [-0.3, -0.25) is 4.79 Å². The largest absolute Gasteiger partial charge is 0.351 e. The number of nitrogens with one attached hydrogen (secondary N) is 4. The molecular formula is C23H25ClF3N5O. The Morgan fingerprint density at radius 3 is 2.55 bits per heavy atom. The Hall–Kier alpha value is -2.62. The molecule has 2 aliphatic rings. The van der Waals surface area contributed by atoms with E-state index in [2.05, 4.69) is 33.4 Å². The molecule has 1 aliphatic carbocycles. The first-order valence-electron chi connectivity index (χ1n) is 10.8. The second-order valence-corrected chi connectivity index (χ2v) is 9.20. The van der Waals surface area contributed by atoms with E-state index in [4.69, 9.17) is 11.6 Å². The highest BCUT2D eigenvalue weighted by molar-refractivity contribution is 6.30. The molecule has 0 aromatic heterocycles. The molecule has 0 bridgehead atoms. The molecule has 1 heterocycles. The van der Waals surface area contributed by atoms with Crippen molar-refractivity contribution in [3.05, 3.63) is 70.0 Å². The topological polar surface area (TPSA) is 77.5 Å². The fourth-order valence-corrected chi connectivity index (χ4v) is 4.50. The van der Waals surface area contributed by atoms with Crippen LogP contribution in [0.15, 0.2) is 41.4 Å². The fourth-order valence-electron chi connectivity index (χ4n) is 4.27. The summed E-state index contributed by atoms with van der Waals surface area (Å²) in [5, 5.41) is 6.80. The number of nitrogens with zero attached hydrogens (tertiary/aromatic N) is 1. The number of hydrazine groups is 1. The van der Waals surface area contributed by atoms with Crippen LogP contribution in [0.25, 0.3) is 0 Å². The average molecular weight is 480 g/mol. The minimum atomic E-state index is -1.11. The van der Waals surface area contributed by atoms with Crippen molar-refractivity contribution in [2.45, 2.75) is 56.8 Å². The molecule has 2 aromatic rings. The van der Waals surface area contributed by atoms with Crippen molar-refractivity contribution in [2.75, 3.05) is 0 Å². The molecule has 4 rings (SSSR count). The minimum absolute atomic E-state index is 0.0589. The highest BCUT2D eigenvalue weighted by Crippen LogP contribution is 2.29. The standard InChI is InChI=1S/C23H25ClF3N5O/c1-23(6-2-3-7-23)30-22(29-21(33)13-4-5-17(26)18(27)10-13)28-20-12-19(31-32-20)14-8-15(24)11-16(25)9-14/h4-5,8-11,19-20,31-32H,2-3,6-7,12H2,1H3,(H2,28,29,30,33). The first-order valence-corrected chi connectivity index (χ1v) is 11.2. The predicted octanol–water partition coefficient (Wildman–Crippen LogP) is 4.33. The highest BCUT2D eigenvalue weighted by Gasteiger charge is 2.32. The summed E-state index contributed by atoms with van der Waals surface area (Å²) in [7, 11) is 0. The molecule has 1 aliphatic heterocycles. The number of hydrogen-bond donors (Lipinski definition) is 4. The van der Waals surface area contributed by atoms with Gasteiger partial charge in [0.05, 0.1) is 6.17 Å². The molecule has 6 nitrogen and oxygen atoms in total. The van der Waals surface area contributed by atoms with Crippen LogP contribution in [0.3, 0.4) is 0 Å². The van der Waals surface area contributed by atoms with Crippen molar-refractivity contribution >= 4 is 23.5 Å². The summed E-state index contributed by atoms with van der Waals surface area (Å²) in [6, 6.07) is 7.03. The van der Waals surface area contributed by atoms with Crippen LogP contribution in [-0.2, 0) is 0 Å². The molecule has 2 atom stereocenters. The molecule has 4 N–H and O–H groups in total. The Morgan fingerprint density at radius 1 is 1.09 bits per heavy atom. The lowest BCUT2D eigenvalue weighted by molar-refractivity contribution is 0.100. The van der Waals surface area contributed by atoms with Crippen molar-refractivity contribution in [3.8, 4) is 0 Å². The Labute approximate surface area is 195 Å². The summed E-state index contributed by atoms with van der Waals surface area (Å²) in [4.78, 5) is 16.8. The van der Waals surface area contributed by atoms with Crippen LogP contribution >= 0.6 is 11.6 Å². The average Bonchev–Trinajstić information content (AvgIpc) is 3.38. The van der Waals surface area contributed by atoms with Crippen LogP contribution in [0.1, 0.15) is 61.0 Å². The van der Waals surface area contributed by atoms with Crippen molar-refractivity contribution < 1.29 is 18.0 Å². The predicted molar refractivity (Wildman–Crippen MR) is 120 cm³/mol. The van der Waals surface area contributed by atoms with Gasteiger partial charge in [-0.25, -0.2) is 24.0 Å². The third-order valence-corrected chi connectivity index (χ3v) is 6.23. The van der Waals surface area contributed by atoms with E-state index in [1.165, 1.54) is 18.2 Å². The van der Waals surface area contributed by atoms with E-state index in [-0.39, 0.29) is 29.3 Å². The zero-order valence-corrected chi connectivity index (χ0v) is 18.8. The zero-order chi connectivity index (χ0) is 23.6. The van der Waals surface area contributed by atoms with E-state index in [1.807, 2.05) is 0 Å². The summed E-state index contributed by atoms with van der Waals surface area (Å²) in [6.45, 7) is 2.05. The zero-order valence-electron chi connectivity index (χ0n) is 18.0. The normalized spacial score (nSPS) is 22.4. The van der Waals surface area contributed by atoms with E-state index in [0.29, 0.717) is 17.0 Å². The maximum Gasteiger partial charge on any atom is 0.280 e. The maximum absolute atomic E-state index is 13.8. The van der Waals surface area contributed by atoms with Crippen LogP contribution < -0.4 is 21.5 Å². The fraction of sp³-hybridized carbons (Fsp3) is 0.391. The van der Waals surface area contributed by atoms with Crippen molar-refractivity contribution in [3.63, 3.8) is 0 Å². The highest BCUT2D eigenvalue weighted by atomic mass is 35.5. The first-order chi connectivity index (χ1) is 15.7. The van der Waals surface area contributed by atoms with Crippen LogP contribution in [0.5, 0.6) is 0 Å². The van der Waals surface area contributed by atoms with Gasteiger partial charge < -0.3 is 10.6 Å². The molecule has 1 saturated heterocycles. The molecule has 33 heavy (non-hydrogen) atoms. The van der Waals surface area contributed by atoms with Crippen molar-refractivity contribution in [2.24, 2.45) is 4.99 Å². The molecule has 10 heteroatoms. The third-order valence-electron chi connectivity index (χ3n) is 6.01. The number of halogens is 4. The van der Waals surface area contributed by atoms with Gasteiger partial charge in [-0.15, -0.1) is 0 Å². The van der Waals surface area contributed by atoms with E-state index in [1.54, 1.807) is 6.07 Å². The number of carbonyl (C=O) groups is 1. The Morgan fingerprint density at radius 2 is 1.85 bits per heavy atom. The van der Waals surface area contributed by atoms with E-state index < -0.39 is 23.4 Å². The smallest absolute Gasteiger partial charge is 0.280 e. The van der Waals surface area contributed by atoms with E-state index in [9.17, 15) is 18.0 Å². The van der Waals surface area contributed by atoms with E-state index >= 15 is 0 Å². The van der Waals surface area contributed by atoms with Gasteiger partial charge >= 0.3 is 0 Å². The molecule has 2 fully saturated rings. The van der Waals surface area contributed by atoms with Crippen molar-refractivity contribution in [1.29, 1.82) is 0 Å². The molecule has 1 saturated carbocycles. The van der Waals surface area contributed by atoms with Gasteiger partial charge in [-0.2, -0.15) is 4.99 Å². The number of guanidine groups is 1. The SMILES string of the molecule is CC1(N/C(=N/C(=O)c2ccc(F)c(F)c2)NC2CC(c3cc(F)cc(Cl)c3)NN2)CCCC1. The lowest BCUT2D eigenvalue weighted by atomic mass is 10.0.